The first-order valence-electron chi connectivity index (χ1n) is 12.6. The van der Waals surface area contributed by atoms with Gasteiger partial charge in [-0.1, -0.05) is 62.2 Å². The highest BCUT2D eigenvalue weighted by molar-refractivity contribution is 6.46. The van der Waals surface area contributed by atoms with E-state index in [4.69, 9.17) is 9.47 Å². The number of benzene rings is 3. The van der Waals surface area contributed by atoms with Crippen molar-refractivity contribution in [3.8, 4) is 11.5 Å². The molecule has 0 aromatic heterocycles. The van der Waals surface area contributed by atoms with Crippen molar-refractivity contribution >= 4 is 17.4 Å². The van der Waals surface area contributed by atoms with Gasteiger partial charge in [0.15, 0.2) is 0 Å². The molecule has 6 heteroatoms. The molecule has 1 aliphatic rings. The molecule has 0 spiro atoms. The van der Waals surface area contributed by atoms with E-state index in [1.807, 2.05) is 61.5 Å². The molecule has 1 saturated heterocycles. The highest BCUT2D eigenvalue weighted by atomic mass is 16.5. The molecule has 6 nitrogen and oxygen atoms in total. The first-order valence-corrected chi connectivity index (χ1v) is 12.6. The molecule has 1 unspecified atom stereocenters. The van der Waals surface area contributed by atoms with Crippen LogP contribution in [0.2, 0.25) is 0 Å². The molecule has 4 rings (SSSR count). The summed E-state index contributed by atoms with van der Waals surface area (Å²) in [5.74, 6) is -0.159. The van der Waals surface area contributed by atoms with Gasteiger partial charge in [0.1, 0.15) is 23.9 Å². The molecule has 3 aromatic carbocycles. The van der Waals surface area contributed by atoms with Crippen LogP contribution in [0.1, 0.15) is 54.5 Å². The van der Waals surface area contributed by atoms with Crippen LogP contribution in [-0.4, -0.2) is 35.4 Å². The molecule has 1 N–H and O–H groups in total. The lowest BCUT2D eigenvalue weighted by molar-refractivity contribution is -0.139. The minimum Gasteiger partial charge on any atom is -0.507 e. The number of hydrogen-bond donors (Lipinski definition) is 1. The predicted octanol–water partition coefficient (Wildman–Crippen LogP) is 6.19. The van der Waals surface area contributed by atoms with E-state index >= 15 is 0 Å². The standard InChI is InChI=1S/C31H33NO5/c1-4-5-9-17-32-28(23-13-10-14-25(19-23)36-3)27(30(34)31(32)35)29(33)24-15-16-26(21(2)18-24)37-20-22-11-7-6-8-12-22/h6-8,10-16,18-19,28,33H,4-5,9,17,20H2,1-3H3/b29-27-. The van der Waals surface area contributed by atoms with Crippen LogP contribution in [0.15, 0.2) is 78.4 Å². The summed E-state index contributed by atoms with van der Waals surface area (Å²) >= 11 is 0. The molecule has 1 amide bonds. The molecule has 1 aliphatic heterocycles. The highest BCUT2D eigenvalue weighted by Crippen LogP contribution is 2.40. The van der Waals surface area contributed by atoms with Crippen LogP contribution in [0.25, 0.3) is 5.76 Å². The Bertz CT molecular complexity index is 1300. The van der Waals surface area contributed by atoms with E-state index in [9.17, 15) is 14.7 Å². The normalized spacial score (nSPS) is 16.7. The average molecular weight is 500 g/mol. The molecule has 1 atom stereocenters. The Morgan fingerprint density at radius 1 is 0.973 bits per heavy atom. The van der Waals surface area contributed by atoms with Crippen molar-refractivity contribution in [1.29, 1.82) is 0 Å². The van der Waals surface area contributed by atoms with Crippen molar-refractivity contribution in [2.24, 2.45) is 0 Å². The quantitative estimate of drug-likeness (QED) is 0.156. The van der Waals surface area contributed by atoms with E-state index in [2.05, 4.69) is 6.92 Å². The van der Waals surface area contributed by atoms with Gasteiger partial charge < -0.3 is 19.5 Å². The van der Waals surface area contributed by atoms with Crippen molar-refractivity contribution in [3.05, 3.63) is 101 Å². The summed E-state index contributed by atoms with van der Waals surface area (Å²) in [4.78, 5) is 27.9. The van der Waals surface area contributed by atoms with Gasteiger partial charge >= 0.3 is 0 Å². The molecular formula is C31H33NO5. The minimum absolute atomic E-state index is 0.0899. The molecule has 0 bridgehead atoms. The fraction of sp³-hybridized carbons (Fsp3) is 0.290. The van der Waals surface area contributed by atoms with Crippen molar-refractivity contribution in [2.45, 2.75) is 45.8 Å². The summed E-state index contributed by atoms with van der Waals surface area (Å²) in [5.41, 5.74) is 3.14. The summed E-state index contributed by atoms with van der Waals surface area (Å²) in [5, 5.41) is 11.4. The summed E-state index contributed by atoms with van der Waals surface area (Å²) < 4.78 is 11.4. The van der Waals surface area contributed by atoms with Crippen LogP contribution in [0.5, 0.6) is 11.5 Å². The van der Waals surface area contributed by atoms with E-state index in [1.165, 1.54) is 0 Å². The molecule has 37 heavy (non-hydrogen) atoms. The van der Waals surface area contributed by atoms with Crippen molar-refractivity contribution < 1.29 is 24.2 Å². The Morgan fingerprint density at radius 3 is 2.46 bits per heavy atom. The number of aliphatic hydroxyl groups is 1. The molecule has 0 saturated carbocycles. The number of Topliss-reactive ketones (excluding diaryl/α,β-unsaturated/α-hetero) is 1. The summed E-state index contributed by atoms with van der Waals surface area (Å²) in [6.07, 6.45) is 2.71. The monoisotopic (exact) mass is 499 g/mol. The van der Waals surface area contributed by atoms with E-state index in [0.29, 0.717) is 30.2 Å². The lowest BCUT2D eigenvalue weighted by atomic mass is 9.94. The lowest BCUT2D eigenvalue weighted by Gasteiger charge is -2.25. The van der Waals surface area contributed by atoms with Gasteiger partial charge in [-0.3, -0.25) is 9.59 Å². The number of ether oxygens (including phenoxy) is 2. The van der Waals surface area contributed by atoms with Crippen LogP contribution in [0, 0.1) is 6.92 Å². The van der Waals surface area contributed by atoms with E-state index in [-0.39, 0.29) is 11.3 Å². The van der Waals surface area contributed by atoms with Crippen LogP contribution >= 0.6 is 0 Å². The van der Waals surface area contributed by atoms with Gasteiger partial charge in [-0.05, 0) is 60.4 Å². The van der Waals surface area contributed by atoms with Crippen molar-refractivity contribution in [1.82, 2.24) is 4.90 Å². The number of methoxy groups -OCH3 is 1. The summed E-state index contributed by atoms with van der Waals surface area (Å²) in [6.45, 7) is 4.83. The molecule has 0 radical (unpaired) electrons. The zero-order valence-corrected chi connectivity index (χ0v) is 21.6. The second kappa shape index (κ2) is 11.8. The third-order valence-electron chi connectivity index (χ3n) is 6.64. The van der Waals surface area contributed by atoms with Crippen molar-refractivity contribution in [2.75, 3.05) is 13.7 Å². The Labute approximate surface area is 218 Å². The predicted molar refractivity (Wildman–Crippen MR) is 143 cm³/mol. The number of likely N-dealkylation sites (tertiary alicyclic amines) is 1. The number of aliphatic hydroxyl groups excluding tert-OH is 1. The first kappa shape index (κ1) is 26.0. The van der Waals surface area contributed by atoms with Crippen LogP contribution in [0.3, 0.4) is 0 Å². The second-order valence-electron chi connectivity index (χ2n) is 9.23. The molecular weight excluding hydrogens is 466 g/mol. The van der Waals surface area contributed by atoms with Gasteiger partial charge in [0.05, 0.1) is 18.7 Å². The third-order valence-corrected chi connectivity index (χ3v) is 6.64. The minimum atomic E-state index is -0.693. The summed E-state index contributed by atoms with van der Waals surface area (Å²) in [6, 6.07) is 21.7. The summed E-state index contributed by atoms with van der Waals surface area (Å²) in [7, 11) is 1.57. The Kier molecular flexibility index (Phi) is 8.29. The SMILES string of the molecule is CCCCCN1C(=O)C(=O)/C(=C(\O)c2ccc(OCc3ccccc3)c(C)c2)C1c1cccc(OC)c1. The van der Waals surface area contributed by atoms with E-state index in [1.54, 1.807) is 30.2 Å². The fourth-order valence-electron chi connectivity index (χ4n) is 4.65. The zero-order chi connectivity index (χ0) is 26.4. The van der Waals surface area contributed by atoms with E-state index < -0.39 is 17.7 Å². The molecule has 192 valence electrons. The first-order chi connectivity index (χ1) is 17.9. The molecule has 3 aromatic rings. The van der Waals surface area contributed by atoms with Gasteiger partial charge in [0.2, 0.25) is 0 Å². The Hall–Kier alpha value is -4.06. The topological polar surface area (TPSA) is 76.1 Å². The van der Waals surface area contributed by atoms with Crippen LogP contribution < -0.4 is 9.47 Å². The molecule has 0 aliphatic carbocycles. The largest absolute Gasteiger partial charge is 0.507 e. The van der Waals surface area contributed by atoms with Crippen LogP contribution in [0.4, 0.5) is 0 Å². The number of carbonyl (C=O) groups is 2. The number of unbranched alkanes of at least 4 members (excludes halogenated alkanes) is 2. The van der Waals surface area contributed by atoms with E-state index in [0.717, 1.165) is 36.0 Å². The van der Waals surface area contributed by atoms with Crippen LogP contribution in [-0.2, 0) is 16.2 Å². The molecule has 1 fully saturated rings. The number of aryl methyl sites for hydroxylation is 1. The number of rotatable bonds is 10. The maximum absolute atomic E-state index is 13.2. The number of ketones is 1. The van der Waals surface area contributed by atoms with Gasteiger partial charge in [-0.25, -0.2) is 0 Å². The number of hydrogen-bond acceptors (Lipinski definition) is 5. The van der Waals surface area contributed by atoms with Crippen molar-refractivity contribution in [3.63, 3.8) is 0 Å². The highest BCUT2D eigenvalue weighted by Gasteiger charge is 2.45. The van der Waals surface area contributed by atoms with Gasteiger partial charge in [0, 0.05) is 12.1 Å². The Morgan fingerprint density at radius 2 is 1.76 bits per heavy atom. The fourth-order valence-corrected chi connectivity index (χ4v) is 4.65. The Balaban J connectivity index is 1.70. The number of carbonyl (C=O) groups excluding carboxylic acids is 2. The molecule has 1 heterocycles. The second-order valence-corrected chi connectivity index (χ2v) is 9.23. The number of nitrogens with zero attached hydrogens (tertiary/aromatic N) is 1. The van der Waals surface area contributed by atoms with Gasteiger partial charge in [-0.2, -0.15) is 0 Å². The average Bonchev–Trinajstić information content (AvgIpc) is 3.17. The zero-order valence-electron chi connectivity index (χ0n) is 21.6. The maximum atomic E-state index is 13.2. The smallest absolute Gasteiger partial charge is 0.295 e. The third kappa shape index (κ3) is 5.69. The lowest BCUT2D eigenvalue weighted by Crippen LogP contribution is -2.30. The number of amides is 1. The van der Waals surface area contributed by atoms with Gasteiger partial charge in [-0.15, -0.1) is 0 Å². The van der Waals surface area contributed by atoms with Gasteiger partial charge in [0.25, 0.3) is 11.7 Å². The maximum Gasteiger partial charge on any atom is 0.295 e.